The van der Waals surface area contributed by atoms with Crippen LogP contribution in [0.3, 0.4) is 0 Å². The van der Waals surface area contributed by atoms with Gasteiger partial charge in [-0.1, -0.05) is 192 Å². The Balaban J connectivity index is 0.00000625. The van der Waals surface area contributed by atoms with Gasteiger partial charge in [0.25, 0.3) is 0 Å². The van der Waals surface area contributed by atoms with Crippen molar-refractivity contribution in [1.29, 1.82) is 0 Å². The third kappa shape index (κ3) is 9.19. The summed E-state index contributed by atoms with van der Waals surface area (Å²) in [5.74, 6) is 2.10. The molecule has 2 aromatic heterocycles. The Bertz CT molecular complexity index is 3140. The number of ether oxygens (including phenoxy) is 1. The zero-order valence-electron chi connectivity index (χ0n) is 42.0. The molecule has 0 bridgehead atoms. The number of anilines is 2. The monoisotopic (exact) mass is 1080 g/mol. The second kappa shape index (κ2) is 17.9. The van der Waals surface area contributed by atoms with Crippen LogP contribution >= 0.6 is 0 Å². The minimum atomic E-state index is -0.404. The fourth-order valence-corrected chi connectivity index (χ4v) is 9.43. The van der Waals surface area contributed by atoms with Gasteiger partial charge in [0.1, 0.15) is 5.82 Å². The summed E-state index contributed by atoms with van der Waals surface area (Å²) < 4.78 is 9.43. The van der Waals surface area contributed by atoms with Gasteiger partial charge >= 0.3 is 0 Å². The van der Waals surface area contributed by atoms with E-state index in [9.17, 15) is 0 Å². The predicted octanol–water partition coefficient (Wildman–Crippen LogP) is 16.1. The molecule has 0 fully saturated rings. The molecule has 1 aliphatic rings. The average molecular weight is 1080 g/mol. The van der Waals surface area contributed by atoms with Gasteiger partial charge < -0.3 is 19.1 Å². The number of allylic oxidation sites excluding steroid dienone is 1. The summed E-state index contributed by atoms with van der Waals surface area (Å²) in [5.41, 5.74) is 11.4. The topological polar surface area (TPSA) is 33.5 Å². The molecule has 0 N–H and O–H groups in total. The number of rotatable bonds is 9. The van der Waals surface area contributed by atoms with Crippen molar-refractivity contribution in [2.24, 2.45) is 5.41 Å². The van der Waals surface area contributed by atoms with Gasteiger partial charge in [-0.05, 0) is 80.4 Å². The van der Waals surface area contributed by atoms with Crippen LogP contribution in [0.2, 0.25) is 0 Å². The van der Waals surface area contributed by atoms with Crippen LogP contribution in [0.5, 0.6) is 11.5 Å². The van der Waals surface area contributed by atoms with Gasteiger partial charge in [0.05, 0.1) is 0 Å². The van der Waals surface area contributed by atoms with E-state index < -0.39 is 5.41 Å². The molecule has 1 aliphatic heterocycles. The molecule has 6 heteroatoms. The molecule has 0 saturated carbocycles. The molecular weight excluding hydrogens is 1010 g/mol. The van der Waals surface area contributed by atoms with Gasteiger partial charge in [-0.2, -0.15) is 0 Å². The van der Waals surface area contributed by atoms with Crippen molar-refractivity contribution in [2.75, 3.05) is 9.80 Å². The molecule has 0 aliphatic carbocycles. The molecule has 68 heavy (non-hydrogen) atoms. The molecule has 352 valence electrons. The van der Waals surface area contributed by atoms with Crippen LogP contribution in [0.15, 0.2) is 158 Å². The number of hydrogen-bond acceptors (Lipinski definition) is 4. The molecule has 5 nitrogen and oxygen atoms in total. The van der Waals surface area contributed by atoms with E-state index in [1.54, 1.807) is 0 Å². The van der Waals surface area contributed by atoms with E-state index in [0.29, 0.717) is 11.5 Å². The van der Waals surface area contributed by atoms with Crippen molar-refractivity contribution in [3.05, 3.63) is 210 Å². The van der Waals surface area contributed by atoms with Gasteiger partial charge in [0.15, 0.2) is 0 Å². The van der Waals surface area contributed by atoms with Crippen molar-refractivity contribution in [3.63, 3.8) is 0 Å². The van der Waals surface area contributed by atoms with E-state index in [4.69, 9.17) is 9.72 Å². The van der Waals surface area contributed by atoms with Crippen LogP contribution in [0.1, 0.15) is 123 Å². The van der Waals surface area contributed by atoms with Gasteiger partial charge in [0.2, 0.25) is 0 Å². The molecule has 0 spiro atoms. The normalized spacial score (nSPS) is 13.8. The van der Waals surface area contributed by atoms with E-state index in [2.05, 4.69) is 269 Å². The Morgan fingerprint density at radius 1 is 0.529 bits per heavy atom. The first-order valence-electron chi connectivity index (χ1n) is 23.7. The Hall–Kier alpha value is -5.90. The van der Waals surface area contributed by atoms with Gasteiger partial charge in [0, 0.05) is 66.5 Å². The molecule has 0 saturated heterocycles. The van der Waals surface area contributed by atoms with E-state index in [0.717, 1.165) is 55.8 Å². The van der Waals surface area contributed by atoms with Crippen molar-refractivity contribution in [3.8, 4) is 17.3 Å². The van der Waals surface area contributed by atoms with Gasteiger partial charge in [-0.25, -0.2) is 4.98 Å². The first kappa shape index (κ1) is 48.6. The van der Waals surface area contributed by atoms with Crippen LogP contribution in [0.25, 0.3) is 27.6 Å². The SMILES string of the molecule is CC(C)(C)C1=CN(c2cccc(C(C)(C)c3ccccc3)c2)[CH-]N1c1[c-]c(Oc2[c-]c3c(c(C(C)(C)c4ccccc4)c2)c2ccccc2n3-c2cc(C(C)(C)C)ccn2)cc(C(C)(C)C)c1.[Pt]. The zero-order valence-corrected chi connectivity index (χ0v) is 44.3. The molecule has 0 atom stereocenters. The third-order valence-corrected chi connectivity index (χ3v) is 13.7. The second-order valence-electron chi connectivity index (χ2n) is 22.4. The molecule has 6 aromatic carbocycles. The molecule has 0 amide bonds. The Kier molecular flexibility index (Phi) is 12.8. The predicted molar refractivity (Wildman–Crippen MR) is 281 cm³/mol. The Morgan fingerprint density at radius 2 is 1.13 bits per heavy atom. The number of hydrogen-bond donors (Lipinski definition) is 0. The average Bonchev–Trinajstić information content (AvgIpc) is 3.90. The summed E-state index contributed by atoms with van der Waals surface area (Å²) in [6, 6.07) is 57.7. The maximum absolute atomic E-state index is 7.17. The first-order chi connectivity index (χ1) is 31.6. The number of benzene rings is 6. The smallest absolute Gasteiger partial charge is 0.135 e. The van der Waals surface area contributed by atoms with Crippen LogP contribution in [-0.2, 0) is 42.7 Å². The minimum absolute atomic E-state index is 0. The molecule has 9 rings (SSSR count). The quantitative estimate of drug-likeness (QED) is 0.135. The zero-order chi connectivity index (χ0) is 47.7. The fourth-order valence-electron chi connectivity index (χ4n) is 9.43. The summed E-state index contributed by atoms with van der Waals surface area (Å²) >= 11 is 0. The summed E-state index contributed by atoms with van der Waals surface area (Å²) in [6.07, 6.45) is 4.20. The Labute approximate surface area is 420 Å². The molecule has 0 unspecified atom stereocenters. The van der Waals surface area contributed by atoms with E-state index in [-0.39, 0.29) is 42.7 Å². The summed E-state index contributed by atoms with van der Waals surface area (Å²) in [4.78, 5) is 9.56. The first-order valence-corrected chi connectivity index (χ1v) is 23.7. The second-order valence-corrected chi connectivity index (χ2v) is 22.4. The van der Waals surface area contributed by atoms with Crippen molar-refractivity contribution in [2.45, 2.75) is 112 Å². The van der Waals surface area contributed by atoms with Crippen molar-refractivity contribution < 1.29 is 25.8 Å². The van der Waals surface area contributed by atoms with E-state index in [1.807, 2.05) is 6.20 Å². The van der Waals surface area contributed by atoms with Crippen molar-refractivity contribution >= 4 is 33.2 Å². The van der Waals surface area contributed by atoms with E-state index >= 15 is 0 Å². The number of fused-ring (bicyclic) bond motifs is 3. The largest absolute Gasteiger partial charge is 0.509 e. The number of para-hydroxylation sites is 1. The maximum atomic E-state index is 7.17. The fraction of sp³-hybridized carbons (Fsp3) is 0.290. The summed E-state index contributed by atoms with van der Waals surface area (Å²) in [6.45, 7) is 31.7. The number of nitrogens with zero attached hydrogens (tertiary/aromatic N) is 4. The summed E-state index contributed by atoms with van der Waals surface area (Å²) in [5, 5.41) is 2.28. The Morgan fingerprint density at radius 3 is 1.78 bits per heavy atom. The summed E-state index contributed by atoms with van der Waals surface area (Å²) in [7, 11) is 0. The van der Waals surface area contributed by atoms with Crippen LogP contribution in [-0.4, -0.2) is 9.55 Å². The molecule has 3 heterocycles. The van der Waals surface area contributed by atoms with Gasteiger partial charge in [-0.3, -0.25) is 0 Å². The molecule has 0 radical (unpaired) electrons. The van der Waals surface area contributed by atoms with Crippen LogP contribution in [0.4, 0.5) is 11.4 Å². The minimum Gasteiger partial charge on any atom is -0.509 e. The van der Waals surface area contributed by atoms with Crippen molar-refractivity contribution in [1.82, 2.24) is 9.55 Å². The molecule has 8 aromatic rings. The number of pyridine rings is 1. The standard InChI is InChI=1S/C62H65N4O.Pt/c1-58(2,3)44-31-32-63-56(36-44)66-53-30-21-20-29-51(53)57-52(62(12,13)43-25-18-15-19-26-43)38-50(39-54(57)66)67-49-35-46(59(4,5)6)34-48(37-49)65-41-64(40-55(65)60(7,8)9)47-28-22-27-45(33-47)61(10,11)42-23-16-14-17-24-42;/h14-36,38,40-41H,1-13H3;/q-3;. The van der Waals surface area contributed by atoms with Gasteiger partial charge in [-0.15, -0.1) is 53.8 Å². The maximum Gasteiger partial charge on any atom is 0.135 e. The molecular formula is C62H65N4OPt-3. The van der Waals surface area contributed by atoms with Crippen LogP contribution < -0.4 is 14.5 Å². The van der Waals surface area contributed by atoms with Crippen LogP contribution in [0, 0.1) is 24.2 Å². The number of aromatic nitrogens is 2. The van der Waals surface area contributed by atoms with E-state index in [1.165, 1.54) is 22.3 Å². The third-order valence-electron chi connectivity index (χ3n) is 13.7.